The largest absolute Gasteiger partial charge is 0.322 e. The Kier molecular flexibility index (Phi) is 4.12. The maximum Gasteiger partial charge on any atom is 0.275 e. The Balaban J connectivity index is 1.48. The quantitative estimate of drug-likeness (QED) is 0.676. The molecule has 3 aromatic rings. The van der Waals surface area contributed by atoms with Crippen LogP contribution in [0.3, 0.4) is 0 Å². The third-order valence-corrected chi connectivity index (χ3v) is 6.15. The SMILES string of the molecule is Cc1ccc(N2CCCC3(CCCN3C(=O)c3cc4ncccn4n3)C2=O)cc1. The van der Waals surface area contributed by atoms with E-state index in [2.05, 4.69) is 10.1 Å². The van der Waals surface area contributed by atoms with Gasteiger partial charge >= 0.3 is 0 Å². The Morgan fingerprint density at radius 1 is 1.10 bits per heavy atom. The van der Waals surface area contributed by atoms with Gasteiger partial charge in [-0.3, -0.25) is 9.59 Å². The molecule has 0 N–H and O–H groups in total. The van der Waals surface area contributed by atoms with Crippen molar-refractivity contribution < 1.29 is 9.59 Å². The van der Waals surface area contributed by atoms with Gasteiger partial charge in [0.15, 0.2) is 11.3 Å². The number of fused-ring (bicyclic) bond motifs is 1. The van der Waals surface area contributed by atoms with Crippen LogP contribution in [0.15, 0.2) is 48.8 Å². The lowest BCUT2D eigenvalue weighted by Crippen LogP contribution is -2.61. The lowest BCUT2D eigenvalue weighted by molar-refractivity contribution is -0.130. The first-order chi connectivity index (χ1) is 14.1. The highest BCUT2D eigenvalue weighted by Crippen LogP contribution is 2.40. The Hall–Kier alpha value is -3.22. The summed E-state index contributed by atoms with van der Waals surface area (Å²) in [6.45, 7) is 3.29. The van der Waals surface area contributed by atoms with Crippen LogP contribution in [0, 0.1) is 6.92 Å². The molecule has 2 saturated heterocycles. The molecule has 29 heavy (non-hydrogen) atoms. The molecule has 5 rings (SSSR count). The van der Waals surface area contributed by atoms with Crippen molar-refractivity contribution in [3.63, 3.8) is 0 Å². The molecule has 1 atom stereocenters. The van der Waals surface area contributed by atoms with E-state index >= 15 is 0 Å². The Labute approximate surface area is 168 Å². The second kappa shape index (κ2) is 6.69. The fraction of sp³-hybridized carbons (Fsp3) is 0.364. The summed E-state index contributed by atoms with van der Waals surface area (Å²) in [4.78, 5) is 34.9. The molecule has 1 aromatic carbocycles. The molecular formula is C22H23N5O2. The molecule has 148 valence electrons. The van der Waals surface area contributed by atoms with Crippen LogP contribution in [0.1, 0.15) is 41.7 Å². The third-order valence-electron chi connectivity index (χ3n) is 6.15. The zero-order valence-corrected chi connectivity index (χ0v) is 16.4. The van der Waals surface area contributed by atoms with E-state index in [1.807, 2.05) is 36.1 Å². The lowest BCUT2D eigenvalue weighted by Gasteiger charge is -2.44. The monoisotopic (exact) mass is 389 g/mol. The normalized spacial score (nSPS) is 22.0. The number of anilines is 1. The van der Waals surface area contributed by atoms with E-state index in [1.54, 1.807) is 33.9 Å². The zero-order chi connectivity index (χ0) is 20.0. The smallest absolute Gasteiger partial charge is 0.275 e. The molecule has 0 radical (unpaired) electrons. The van der Waals surface area contributed by atoms with Crippen molar-refractivity contribution in [3.8, 4) is 0 Å². The fourth-order valence-corrected chi connectivity index (χ4v) is 4.69. The molecule has 2 aliphatic heterocycles. The first kappa shape index (κ1) is 17.8. The van der Waals surface area contributed by atoms with Crippen molar-refractivity contribution >= 4 is 23.1 Å². The maximum atomic E-state index is 13.6. The molecular weight excluding hydrogens is 366 g/mol. The molecule has 2 aliphatic rings. The Morgan fingerprint density at radius 3 is 2.62 bits per heavy atom. The Morgan fingerprint density at radius 2 is 1.86 bits per heavy atom. The highest BCUT2D eigenvalue weighted by atomic mass is 16.2. The second-order valence-corrected chi connectivity index (χ2v) is 7.94. The summed E-state index contributed by atoms with van der Waals surface area (Å²) in [6, 6.07) is 11.5. The van der Waals surface area contributed by atoms with E-state index in [9.17, 15) is 9.59 Å². The van der Waals surface area contributed by atoms with Crippen LogP contribution in [0.2, 0.25) is 0 Å². The minimum absolute atomic E-state index is 0.0281. The van der Waals surface area contributed by atoms with Crippen molar-refractivity contribution in [2.75, 3.05) is 18.0 Å². The average molecular weight is 389 g/mol. The van der Waals surface area contributed by atoms with Crippen LogP contribution in [-0.4, -0.2) is 49.9 Å². The summed E-state index contributed by atoms with van der Waals surface area (Å²) in [7, 11) is 0. The molecule has 2 fully saturated rings. The highest BCUT2D eigenvalue weighted by molar-refractivity contribution is 6.05. The van der Waals surface area contributed by atoms with Gasteiger partial charge in [-0.2, -0.15) is 5.10 Å². The van der Waals surface area contributed by atoms with Crippen LogP contribution >= 0.6 is 0 Å². The fourth-order valence-electron chi connectivity index (χ4n) is 4.69. The van der Waals surface area contributed by atoms with Crippen LogP contribution in [-0.2, 0) is 4.79 Å². The van der Waals surface area contributed by atoms with E-state index in [4.69, 9.17) is 0 Å². The summed E-state index contributed by atoms with van der Waals surface area (Å²) >= 11 is 0. The molecule has 0 saturated carbocycles. The van der Waals surface area contributed by atoms with Crippen molar-refractivity contribution in [1.29, 1.82) is 0 Å². The number of likely N-dealkylation sites (tertiary alicyclic amines) is 1. The number of hydrogen-bond acceptors (Lipinski definition) is 4. The minimum atomic E-state index is -0.774. The summed E-state index contributed by atoms with van der Waals surface area (Å²) < 4.78 is 1.59. The number of benzene rings is 1. The van der Waals surface area contributed by atoms with Crippen molar-refractivity contribution in [2.45, 2.75) is 38.1 Å². The van der Waals surface area contributed by atoms with E-state index in [0.717, 1.165) is 24.1 Å². The molecule has 1 spiro atoms. The van der Waals surface area contributed by atoms with E-state index < -0.39 is 5.54 Å². The van der Waals surface area contributed by atoms with Gasteiger partial charge < -0.3 is 9.80 Å². The van der Waals surface area contributed by atoms with Crippen molar-refractivity contribution in [2.24, 2.45) is 0 Å². The first-order valence-electron chi connectivity index (χ1n) is 10.1. The number of carbonyl (C=O) groups is 2. The standard InChI is InChI=1S/C22H23N5O2/c1-16-5-7-17(8-6-16)25-12-2-9-22(21(25)29)10-3-13-26(22)20(28)18-15-19-23-11-4-14-27(19)24-18/h4-8,11,14-15H,2-3,9-10,12-13H2,1H3. The van der Waals surface area contributed by atoms with Gasteiger partial charge in [0.05, 0.1) is 0 Å². The third kappa shape index (κ3) is 2.80. The van der Waals surface area contributed by atoms with E-state index in [0.29, 0.717) is 37.3 Å². The molecule has 1 unspecified atom stereocenters. The highest BCUT2D eigenvalue weighted by Gasteiger charge is 2.53. The van der Waals surface area contributed by atoms with E-state index in [1.165, 1.54) is 0 Å². The molecule has 0 bridgehead atoms. The number of rotatable bonds is 2. The molecule has 7 nitrogen and oxygen atoms in total. The summed E-state index contributed by atoms with van der Waals surface area (Å²) in [5, 5.41) is 4.39. The lowest BCUT2D eigenvalue weighted by atomic mass is 9.85. The van der Waals surface area contributed by atoms with Gasteiger partial charge in [0, 0.05) is 37.2 Å². The predicted octanol–water partition coefficient (Wildman–Crippen LogP) is 2.84. The van der Waals surface area contributed by atoms with Crippen LogP contribution < -0.4 is 4.90 Å². The van der Waals surface area contributed by atoms with Crippen LogP contribution in [0.4, 0.5) is 5.69 Å². The number of hydrogen-bond donors (Lipinski definition) is 0. The topological polar surface area (TPSA) is 70.8 Å². The number of amides is 2. The minimum Gasteiger partial charge on any atom is -0.322 e. The summed E-state index contributed by atoms with van der Waals surface area (Å²) in [6.07, 6.45) is 6.54. The summed E-state index contributed by atoms with van der Waals surface area (Å²) in [5.74, 6) is -0.160. The van der Waals surface area contributed by atoms with Gasteiger partial charge in [-0.1, -0.05) is 17.7 Å². The zero-order valence-electron chi connectivity index (χ0n) is 16.4. The van der Waals surface area contributed by atoms with Gasteiger partial charge in [-0.15, -0.1) is 0 Å². The Bertz CT molecular complexity index is 1060. The van der Waals surface area contributed by atoms with Gasteiger partial charge in [-0.05, 0) is 50.8 Å². The molecule has 0 aliphatic carbocycles. The average Bonchev–Trinajstić information content (AvgIpc) is 3.35. The van der Waals surface area contributed by atoms with Crippen LogP contribution in [0.25, 0.3) is 5.65 Å². The molecule has 2 amide bonds. The van der Waals surface area contributed by atoms with Gasteiger partial charge in [0.2, 0.25) is 0 Å². The van der Waals surface area contributed by atoms with Gasteiger partial charge in [0.1, 0.15) is 5.54 Å². The number of piperidine rings is 1. The number of nitrogens with zero attached hydrogens (tertiary/aromatic N) is 5. The van der Waals surface area contributed by atoms with Crippen LogP contribution in [0.5, 0.6) is 0 Å². The number of carbonyl (C=O) groups excluding carboxylic acids is 2. The van der Waals surface area contributed by atoms with Crippen molar-refractivity contribution in [3.05, 3.63) is 60.0 Å². The predicted molar refractivity (Wildman–Crippen MR) is 109 cm³/mol. The molecule has 7 heteroatoms. The molecule has 2 aromatic heterocycles. The van der Waals surface area contributed by atoms with Gasteiger partial charge in [-0.25, -0.2) is 9.50 Å². The first-order valence-corrected chi connectivity index (χ1v) is 10.1. The van der Waals surface area contributed by atoms with Crippen molar-refractivity contribution in [1.82, 2.24) is 19.5 Å². The summed E-state index contributed by atoms with van der Waals surface area (Å²) in [5.41, 5.74) is 2.25. The maximum absolute atomic E-state index is 13.6. The number of aryl methyl sites for hydroxylation is 1. The van der Waals surface area contributed by atoms with E-state index in [-0.39, 0.29) is 11.8 Å². The molecule has 4 heterocycles. The second-order valence-electron chi connectivity index (χ2n) is 7.94. The van der Waals surface area contributed by atoms with Gasteiger partial charge in [0.25, 0.3) is 11.8 Å². The number of aromatic nitrogens is 3.